The molecule has 1 heterocycles. The highest BCUT2D eigenvalue weighted by Crippen LogP contribution is 2.35. The molecule has 2 rings (SSSR count). The molecule has 1 saturated heterocycles. The van der Waals surface area contributed by atoms with Crippen molar-refractivity contribution in [2.45, 2.75) is 38.5 Å². The molecule has 1 aromatic rings. The molecule has 1 aliphatic rings. The Kier molecular flexibility index (Phi) is 5.68. The highest BCUT2D eigenvalue weighted by molar-refractivity contribution is 9.10. The van der Waals surface area contributed by atoms with Crippen LogP contribution in [0.5, 0.6) is 0 Å². The number of benzene rings is 1. The molecular formula is C15H20BrF3N2. The minimum Gasteiger partial charge on any atom is -0.309 e. The fourth-order valence-corrected chi connectivity index (χ4v) is 3.08. The monoisotopic (exact) mass is 364 g/mol. The maximum atomic E-state index is 12.8. The zero-order chi connectivity index (χ0) is 15.5. The predicted octanol–water partition coefficient (Wildman–Crippen LogP) is 4.04. The van der Waals surface area contributed by atoms with Gasteiger partial charge in [0, 0.05) is 23.6 Å². The second kappa shape index (κ2) is 7.11. The Balaban J connectivity index is 1.90. The maximum Gasteiger partial charge on any atom is 0.417 e. The Morgan fingerprint density at radius 1 is 1.29 bits per heavy atom. The van der Waals surface area contributed by atoms with E-state index in [1.54, 1.807) is 6.07 Å². The zero-order valence-corrected chi connectivity index (χ0v) is 13.6. The van der Waals surface area contributed by atoms with E-state index in [1.807, 2.05) is 0 Å². The van der Waals surface area contributed by atoms with Crippen molar-refractivity contribution in [2.24, 2.45) is 0 Å². The maximum absolute atomic E-state index is 12.8. The van der Waals surface area contributed by atoms with Crippen molar-refractivity contribution in [3.8, 4) is 0 Å². The van der Waals surface area contributed by atoms with Crippen molar-refractivity contribution in [3.05, 3.63) is 33.8 Å². The van der Waals surface area contributed by atoms with Gasteiger partial charge in [0.25, 0.3) is 0 Å². The van der Waals surface area contributed by atoms with Gasteiger partial charge in [-0.1, -0.05) is 22.0 Å². The molecule has 0 aliphatic carbocycles. The first kappa shape index (κ1) is 16.8. The van der Waals surface area contributed by atoms with Crippen molar-refractivity contribution in [1.29, 1.82) is 0 Å². The summed E-state index contributed by atoms with van der Waals surface area (Å²) in [6, 6.07) is 4.65. The van der Waals surface area contributed by atoms with Crippen molar-refractivity contribution in [2.75, 3.05) is 19.6 Å². The van der Waals surface area contributed by atoms with Gasteiger partial charge in [-0.05, 0) is 50.6 Å². The SMILES string of the molecule is CC(CN1CCCC1)NCc1ccc(Br)c(C(F)(F)F)c1. The van der Waals surface area contributed by atoms with Gasteiger partial charge in [0.05, 0.1) is 5.56 Å². The van der Waals surface area contributed by atoms with Crippen molar-refractivity contribution in [3.63, 3.8) is 0 Å². The summed E-state index contributed by atoms with van der Waals surface area (Å²) < 4.78 is 38.6. The Morgan fingerprint density at radius 2 is 1.95 bits per heavy atom. The van der Waals surface area contributed by atoms with Crippen LogP contribution >= 0.6 is 15.9 Å². The van der Waals surface area contributed by atoms with E-state index in [4.69, 9.17) is 0 Å². The second-order valence-corrected chi connectivity index (χ2v) is 6.46. The van der Waals surface area contributed by atoms with Crippen LogP contribution in [0.25, 0.3) is 0 Å². The molecule has 118 valence electrons. The van der Waals surface area contributed by atoms with Gasteiger partial charge >= 0.3 is 6.18 Å². The largest absolute Gasteiger partial charge is 0.417 e. The second-order valence-electron chi connectivity index (χ2n) is 5.60. The summed E-state index contributed by atoms with van der Waals surface area (Å²) in [4.78, 5) is 2.39. The molecule has 1 aromatic carbocycles. The standard InChI is InChI=1S/C15H20BrF3N2/c1-11(10-21-6-2-3-7-21)20-9-12-4-5-14(16)13(8-12)15(17,18)19/h4-5,8,11,20H,2-3,6-7,9-10H2,1H3. The summed E-state index contributed by atoms with van der Waals surface area (Å²) in [6.07, 6.45) is -1.83. The van der Waals surface area contributed by atoms with Crippen molar-refractivity contribution in [1.82, 2.24) is 10.2 Å². The smallest absolute Gasteiger partial charge is 0.309 e. The molecule has 0 aromatic heterocycles. The Bertz CT molecular complexity index is 470. The number of rotatable bonds is 5. The molecule has 1 N–H and O–H groups in total. The van der Waals surface area contributed by atoms with Gasteiger partial charge < -0.3 is 10.2 Å². The number of hydrogen-bond donors (Lipinski definition) is 1. The molecule has 0 radical (unpaired) electrons. The molecular weight excluding hydrogens is 345 g/mol. The number of nitrogens with zero attached hydrogens (tertiary/aromatic N) is 1. The quantitative estimate of drug-likeness (QED) is 0.847. The van der Waals surface area contributed by atoms with Gasteiger partial charge in [0.15, 0.2) is 0 Å². The number of hydrogen-bond acceptors (Lipinski definition) is 2. The van der Waals surface area contributed by atoms with E-state index in [0.717, 1.165) is 19.6 Å². The lowest BCUT2D eigenvalue weighted by Crippen LogP contribution is -2.37. The van der Waals surface area contributed by atoms with Crippen molar-refractivity contribution >= 4 is 15.9 Å². The van der Waals surface area contributed by atoms with Crippen LogP contribution < -0.4 is 5.32 Å². The van der Waals surface area contributed by atoms with Gasteiger partial charge in [0.2, 0.25) is 0 Å². The summed E-state index contributed by atoms with van der Waals surface area (Å²) in [5.74, 6) is 0. The minimum absolute atomic E-state index is 0.0869. The molecule has 0 amide bonds. The van der Waals surface area contributed by atoms with Crippen LogP contribution in [0.4, 0.5) is 13.2 Å². The predicted molar refractivity (Wildman–Crippen MR) is 81.1 cm³/mol. The first-order valence-corrected chi connectivity index (χ1v) is 7.97. The van der Waals surface area contributed by atoms with E-state index < -0.39 is 11.7 Å². The summed E-state index contributed by atoms with van der Waals surface area (Å²) in [5.41, 5.74) is 0.0350. The topological polar surface area (TPSA) is 15.3 Å². The van der Waals surface area contributed by atoms with Gasteiger partial charge in [0.1, 0.15) is 0 Å². The lowest BCUT2D eigenvalue weighted by molar-refractivity contribution is -0.138. The number of nitrogens with one attached hydrogen (secondary N) is 1. The van der Waals surface area contributed by atoms with Gasteiger partial charge in [-0.15, -0.1) is 0 Å². The van der Waals surface area contributed by atoms with Crippen LogP contribution in [0.3, 0.4) is 0 Å². The van der Waals surface area contributed by atoms with Crippen LogP contribution in [0.15, 0.2) is 22.7 Å². The summed E-state index contributed by atoms with van der Waals surface area (Å²) in [5, 5.41) is 3.30. The van der Waals surface area contributed by atoms with Crippen LogP contribution in [-0.2, 0) is 12.7 Å². The van der Waals surface area contributed by atoms with Crippen LogP contribution in [-0.4, -0.2) is 30.6 Å². The Morgan fingerprint density at radius 3 is 2.57 bits per heavy atom. The zero-order valence-electron chi connectivity index (χ0n) is 12.0. The van der Waals surface area contributed by atoms with E-state index in [2.05, 4.69) is 33.1 Å². The average molecular weight is 365 g/mol. The third-order valence-electron chi connectivity index (χ3n) is 3.72. The van der Waals surface area contributed by atoms with Crippen LogP contribution in [0, 0.1) is 0 Å². The molecule has 1 unspecified atom stereocenters. The van der Waals surface area contributed by atoms with E-state index in [-0.39, 0.29) is 10.5 Å². The summed E-state index contributed by atoms with van der Waals surface area (Å²) in [6.45, 7) is 5.72. The van der Waals surface area contributed by atoms with E-state index in [1.165, 1.54) is 25.0 Å². The van der Waals surface area contributed by atoms with Crippen LogP contribution in [0.1, 0.15) is 30.9 Å². The summed E-state index contributed by atoms with van der Waals surface area (Å²) in [7, 11) is 0. The minimum atomic E-state index is -4.32. The summed E-state index contributed by atoms with van der Waals surface area (Å²) >= 11 is 2.96. The fourth-order valence-electron chi connectivity index (χ4n) is 2.61. The molecule has 6 heteroatoms. The molecule has 0 saturated carbocycles. The highest BCUT2D eigenvalue weighted by atomic mass is 79.9. The van der Waals surface area contributed by atoms with E-state index in [0.29, 0.717) is 12.1 Å². The Labute approximate surface area is 131 Å². The lowest BCUT2D eigenvalue weighted by Gasteiger charge is -2.21. The fraction of sp³-hybridized carbons (Fsp3) is 0.600. The van der Waals surface area contributed by atoms with Gasteiger partial charge in [-0.3, -0.25) is 0 Å². The highest BCUT2D eigenvalue weighted by Gasteiger charge is 2.33. The van der Waals surface area contributed by atoms with Crippen LogP contribution in [0.2, 0.25) is 0 Å². The molecule has 1 atom stereocenters. The average Bonchev–Trinajstić information content (AvgIpc) is 2.89. The number of alkyl halides is 3. The van der Waals surface area contributed by atoms with Gasteiger partial charge in [-0.2, -0.15) is 13.2 Å². The number of likely N-dealkylation sites (tertiary alicyclic amines) is 1. The molecule has 2 nitrogen and oxygen atoms in total. The normalized spacial score (nSPS) is 18.1. The third kappa shape index (κ3) is 4.97. The third-order valence-corrected chi connectivity index (χ3v) is 4.41. The Hall–Kier alpha value is -0.590. The number of halogens is 4. The molecule has 1 fully saturated rings. The first-order chi connectivity index (χ1) is 9.86. The van der Waals surface area contributed by atoms with E-state index >= 15 is 0 Å². The molecule has 0 bridgehead atoms. The molecule has 0 spiro atoms. The van der Waals surface area contributed by atoms with Crippen molar-refractivity contribution < 1.29 is 13.2 Å². The first-order valence-electron chi connectivity index (χ1n) is 7.17. The molecule has 21 heavy (non-hydrogen) atoms. The van der Waals surface area contributed by atoms with E-state index in [9.17, 15) is 13.2 Å². The lowest BCUT2D eigenvalue weighted by atomic mass is 10.1. The van der Waals surface area contributed by atoms with Gasteiger partial charge in [-0.25, -0.2) is 0 Å². The molecule has 1 aliphatic heterocycles.